The lowest BCUT2D eigenvalue weighted by atomic mass is 9.94. The number of hydrogen-bond donors (Lipinski definition) is 0. The summed E-state index contributed by atoms with van der Waals surface area (Å²) >= 11 is 3.65. The predicted octanol–water partition coefficient (Wildman–Crippen LogP) is 4.38. The molecule has 112 valence electrons. The zero-order valence-electron chi connectivity index (χ0n) is 12.4. The first-order valence-electron chi connectivity index (χ1n) is 7.48. The second-order valence-electron chi connectivity index (χ2n) is 5.96. The van der Waals surface area contributed by atoms with Gasteiger partial charge in [0.25, 0.3) is 5.91 Å². The molecule has 1 unspecified atom stereocenters. The van der Waals surface area contributed by atoms with Gasteiger partial charge in [-0.3, -0.25) is 4.79 Å². The molecule has 0 bridgehead atoms. The van der Waals surface area contributed by atoms with Gasteiger partial charge in [0.1, 0.15) is 5.58 Å². The molecule has 1 aliphatic rings. The molecule has 1 amide bonds. The van der Waals surface area contributed by atoms with Gasteiger partial charge in [0.15, 0.2) is 5.76 Å². The number of carbonyl (C=O) groups excluding carboxylic acids is 1. The van der Waals surface area contributed by atoms with Crippen molar-refractivity contribution in [3.05, 3.63) is 35.6 Å². The standard InChI is InChI=1S/C17H20BrNO2/c1-11-3-4-15-14(9-11)10-16(21-15)17(20)19-7-5-13(6-8-19)12(2)18/h3-4,9-10,12-13H,5-8H2,1-2H3. The van der Waals surface area contributed by atoms with E-state index in [0.29, 0.717) is 16.5 Å². The maximum absolute atomic E-state index is 12.6. The number of nitrogens with zero attached hydrogens (tertiary/aromatic N) is 1. The van der Waals surface area contributed by atoms with Crippen LogP contribution < -0.4 is 0 Å². The zero-order valence-corrected chi connectivity index (χ0v) is 14.0. The number of likely N-dealkylation sites (tertiary alicyclic amines) is 1. The predicted molar refractivity (Wildman–Crippen MR) is 88.0 cm³/mol. The minimum Gasteiger partial charge on any atom is -0.451 e. The molecule has 0 radical (unpaired) electrons. The summed E-state index contributed by atoms with van der Waals surface area (Å²) in [5.41, 5.74) is 1.96. The van der Waals surface area contributed by atoms with Crippen LogP contribution in [0.5, 0.6) is 0 Å². The normalized spacial score (nSPS) is 18.1. The van der Waals surface area contributed by atoms with E-state index in [1.54, 1.807) is 0 Å². The van der Waals surface area contributed by atoms with Gasteiger partial charge in [-0.2, -0.15) is 0 Å². The largest absolute Gasteiger partial charge is 0.451 e. The number of piperidine rings is 1. The summed E-state index contributed by atoms with van der Waals surface area (Å²) in [4.78, 5) is 15.0. The highest BCUT2D eigenvalue weighted by Crippen LogP contribution is 2.27. The van der Waals surface area contributed by atoms with Crippen molar-refractivity contribution < 1.29 is 9.21 Å². The zero-order chi connectivity index (χ0) is 15.0. The number of halogens is 1. The third kappa shape index (κ3) is 3.00. The maximum Gasteiger partial charge on any atom is 0.289 e. The molecular weight excluding hydrogens is 330 g/mol. The van der Waals surface area contributed by atoms with Gasteiger partial charge in [-0.1, -0.05) is 34.5 Å². The summed E-state index contributed by atoms with van der Waals surface area (Å²) in [6, 6.07) is 7.85. The summed E-state index contributed by atoms with van der Waals surface area (Å²) in [5, 5.41) is 1.00. The fraction of sp³-hybridized carbons (Fsp3) is 0.471. The lowest BCUT2D eigenvalue weighted by Crippen LogP contribution is -2.39. The van der Waals surface area contributed by atoms with Crippen LogP contribution in [-0.2, 0) is 0 Å². The summed E-state index contributed by atoms with van der Waals surface area (Å²) in [5.74, 6) is 1.14. The molecule has 1 aromatic heterocycles. The topological polar surface area (TPSA) is 33.5 Å². The number of benzene rings is 1. The number of alkyl halides is 1. The molecule has 4 heteroatoms. The van der Waals surface area contributed by atoms with Crippen LogP contribution >= 0.6 is 15.9 Å². The molecule has 1 aliphatic heterocycles. The Morgan fingerprint density at radius 3 is 2.71 bits per heavy atom. The highest BCUT2D eigenvalue weighted by atomic mass is 79.9. The molecule has 3 rings (SSSR count). The van der Waals surface area contributed by atoms with Crippen LogP contribution in [0.2, 0.25) is 0 Å². The van der Waals surface area contributed by atoms with Crippen LogP contribution in [0.3, 0.4) is 0 Å². The Labute approximate surface area is 133 Å². The summed E-state index contributed by atoms with van der Waals surface area (Å²) < 4.78 is 5.71. The highest BCUT2D eigenvalue weighted by molar-refractivity contribution is 9.09. The van der Waals surface area contributed by atoms with Crippen molar-refractivity contribution >= 4 is 32.8 Å². The molecule has 1 saturated heterocycles. The summed E-state index contributed by atoms with van der Waals surface area (Å²) in [6.45, 7) is 5.86. The quantitative estimate of drug-likeness (QED) is 0.754. The third-order valence-electron chi connectivity index (χ3n) is 4.36. The Morgan fingerprint density at radius 2 is 2.05 bits per heavy atom. The Hall–Kier alpha value is -1.29. The van der Waals surface area contributed by atoms with Crippen LogP contribution in [0, 0.1) is 12.8 Å². The molecule has 2 aromatic rings. The van der Waals surface area contributed by atoms with Crippen LogP contribution in [0.1, 0.15) is 35.9 Å². The lowest BCUT2D eigenvalue weighted by Gasteiger charge is -2.32. The van der Waals surface area contributed by atoms with Crippen molar-refractivity contribution in [2.75, 3.05) is 13.1 Å². The van der Waals surface area contributed by atoms with E-state index in [2.05, 4.69) is 22.9 Å². The number of carbonyl (C=O) groups is 1. The van der Waals surface area contributed by atoms with E-state index >= 15 is 0 Å². The lowest BCUT2D eigenvalue weighted by molar-refractivity contribution is 0.0662. The number of amides is 1. The van der Waals surface area contributed by atoms with Crippen LogP contribution in [0.25, 0.3) is 11.0 Å². The minimum absolute atomic E-state index is 0.0181. The summed E-state index contributed by atoms with van der Waals surface area (Å²) in [6.07, 6.45) is 2.11. The third-order valence-corrected chi connectivity index (χ3v) is 5.11. The first kappa shape index (κ1) is 14.6. The Kier molecular flexibility index (Phi) is 4.07. The van der Waals surface area contributed by atoms with Crippen molar-refractivity contribution in [3.63, 3.8) is 0 Å². The van der Waals surface area contributed by atoms with Gasteiger partial charge in [-0.15, -0.1) is 0 Å². The van der Waals surface area contributed by atoms with Gasteiger partial charge >= 0.3 is 0 Å². The number of rotatable bonds is 2. The van der Waals surface area contributed by atoms with Crippen molar-refractivity contribution in [1.82, 2.24) is 4.90 Å². The number of hydrogen-bond acceptors (Lipinski definition) is 2. The first-order chi connectivity index (χ1) is 10.0. The van der Waals surface area contributed by atoms with Gasteiger partial charge in [-0.25, -0.2) is 0 Å². The van der Waals surface area contributed by atoms with E-state index in [9.17, 15) is 4.79 Å². The minimum atomic E-state index is 0.0181. The second-order valence-corrected chi connectivity index (χ2v) is 7.40. The van der Waals surface area contributed by atoms with E-state index < -0.39 is 0 Å². The average Bonchev–Trinajstić information content (AvgIpc) is 2.89. The highest BCUT2D eigenvalue weighted by Gasteiger charge is 2.27. The summed E-state index contributed by atoms with van der Waals surface area (Å²) in [7, 11) is 0. The number of aryl methyl sites for hydroxylation is 1. The SMILES string of the molecule is Cc1ccc2oc(C(=O)N3CCC(C(C)Br)CC3)cc2c1. The molecule has 2 heterocycles. The van der Waals surface area contributed by atoms with Crippen molar-refractivity contribution in [1.29, 1.82) is 0 Å². The number of fused-ring (bicyclic) bond motifs is 1. The molecule has 0 saturated carbocycles. The fourth-order valence-corrected chi connectivity index (χ4v) is 3.51. The molecule has 0 aliphatic carbocycles. The van der Waals surface area contributed by atoms with Crippen LogP contribution in [-0.4, -0.2) is 28.7 Å². The van der Waals surface area contributed by atoms with E-state index in [-0.39, 0.29) is 5.91 Å². The Bertz CT molecular complexity index is 654. The molecule has 1 fully saturated rings. The van der Waals surface area contributed by atoms with Gasteiger partial charge in [0.05, 0.1) is 0 Å². The molecule has 3 nitrogen and oxygen atoms in total. The van der Waals surface area contributed by atoms with E-state index in [1.807, 2.05) is 36.1 Å². The van der Waals surface area contributed by atoms with E-state index in [0.717, 1.165) is 36.9 Å². The van der Waals surface area contributed by atoms with Crippen molar-refractivity contribution in [2.45, 2.75) is 31.5 Å². The van der Waals surface area contributed by atoms with Gasteiger partial charge < -0.3 is 9.32 Å². The van der Waals surface area contributed by atoms with Gasteiger partial charge in [0.2, 0.25) is 0 Å². The Balaban J connectivity index is 1.75. The molecule has 0 spiro atoms. The van der Waals surface area contributed by atoms with Crippen LogP contribution in [0.4, 0.5) is 0 Å². The molecule has 1 aromatic carbocycles. The molecule has 1 atom stereocenters. The smallest absolute Gasteiger partial charge is 0.289 e. The molecule has 0 N–H and O–H groups in total. The van der Waals surface area contributed by atoms with Gasteiger partial charge in [-0.05, 0) is 43.9 Å². The monoisotopic (exact) mass is 349 g/mol. The fourth-order valence-electron chi connectivity index (χ4n) is 2.99. The first-order valence-corrected chi connectivity index (χ1v) is 8.39. The van der Waals surface area contributed by atoms with E-state index in [1.165, 1.54) is 5.56 Å². The van der Waals surface area contributed by atoms with Crippen molar-refractivity contribution in [2.24, 2.45) is 5.92 Å². The van der Waals surface area contributed by atoms with Gasteiger partial charge in [0, 0.05) is 23.3 Å². The molecule has 21 heavy (non-hydrogen) atoms. The number of furan rings is 1. The second kappa shape index (κ2) is 5.84. The average molecular weight is 350 g/mol. The molecular formula is C17H20BrNO2. The van der Waals surface area contributed by atoms with Crippen LogP contribution in [0.15, 0.2) is 28.7 Å². The maximum atomic E-state index is 12.6. The Morgan fingerprint density at radius 1 is 1.33 bits per heavy atom. The van der Waals surface area contributed by atoms with Crippen molar-refractivity contribution in [3.8, 4) is 0 Å². The van der Waals surface area contributed by atoms with E-state index in [4.69, 9.17) is 4.42 Å².